The number of likely N-dealkylation sites (N-methyl/N-ethyl adjacent to an activating group) is 2. The van der Waals surface area contributed by atoms with Crippen LogP contribution in [0.4, 0.5) is 0 Å². The summed E-state index contributed by atoms with van der Waals surface area (Å²) >= 11 is 0. The van der Waals surface area contributed by atoms with Crippen molar-refractivity contribution in [2.45, 2.75) is 131 Å². The Balaban J connectivity index is 2.58. The number of ether oxygens (including phenoxy) is 2. The van der Waals surface area contributed by atoms with E-state index in [-0.39, 0.29) is 36.2 Å². The number of carbonyl (C=O) groups is 7. The summed E-state index contributed by atoms with van der Waals surface area (Å²) in [5.41, 5.74) is 1.79. The maximum Gasteiger partial charge on any atom is 0.334 e. The van der Waals surface area contributed by atoms with Crippen LogP contribution in [0.1, 0.15) is 94.1 Å². The average molecular weight is 809 g/mol. The van der Waals surface area contributed by atoms with Crippen LogP contribution in [0.3, 0.4) is 0 Å². The lowest BCUT2D eigenvalue weighted by Gasteiger charge is -2.33. The van der Waals surface area contributed by atoms with E-state index in [1.165, 1.54) is 37.7 Å². The molecule has 1 radical (unpaired) electrons. The van der Waals surface area contributed by atoms with E-state index in [9.17, 15) is 33.6 Å². The van der Waals surface area contributed by atoms with Crippen LogP contribution in [0.15, 0.2) is 53.6 Å². The van der Waals surface area contributed by atoms with E-state index in [4.69, 9.17) is 9.47 Å². The topological polar surface area (TPSA) is 181 Å². The van der Waals surface area contributed by atoms with Crippen LogP contribution < -0.4 is 16.0 Å². The number of cyclic esters (lactones) is 2. The zero-order chi connectivity index (χ0) is 43.9. The fraction of sp³-hybridized carbons (Fsp3) is 0.591. The number of amides is 5. The summed E-state index contributed by atoms with van der Waals surface area (Å²) in [6, 6.07) is 4.75. The third-order valence-electron chi connectivity index (χ3n) is 10.5. The molecule has 0 saturated carbocycles. The number of esters is 2. The van der Waals surface area contributed by atoms with E-state index in [2.05, 4.69) is 16.0 Å². The Morgan fingerprint density at radius 1 is 0.879 bits per heavy atom. The molecule has 14 nitrogen and oxygen atoms in total. The van der Waals surface area contributed by atoms with Crippen LogP contribution in [-0.4, -0.2) is 108 Å². The Hall–Kier alpha value is -5.01. The number of carbonyl (C=O) groups excluding carboxylic acids is 7. The minimum absolute atomic E-state index is 0.0392. The van der Waals surface area contributed by atoms with Gasteiger partial charge in [0.25, 0.3) is 5.91 Å². The summed E-state index contributed by atoms with van der Waals surface area (Å²) in [6.07, 6.45) is 4.62. The molecular weight excluding hydrogens is 743 g/mol. The van der Waals surface area contributed by atoms with Crippen LogP contribution in [0, 0.1) is 24.2 Å². The van der Waals surface area contributed by atoms with E-state index in [1.54, 1.807) is 32.1 Å². The van der Waals surface area contributed by atoms with Crippen LogP contribution in [0.2, 0.25) is 0 Å². The molecule has 14 heteroatoms. The molecule has 321 valence electrons. The summed E-state index contributed by atoms with van der Waals surface area (Å²) in [7, 11) is 2.88. The van der Waals surface area contributed by atoms with Crippen molar-refractivity contribution in [2.24, 2.45) is 17.8 Å². The van der Waals surface area contributed by atoms with Crippen molar-refractivity contribution in [2.75, 3.05) is 20.6 Å². The second-order valence-electron chi connectivity index (χ2n) is 15.9. The third kappa shape index (κ3) is 14.7. The number of hydrogen-bond acceptors (Lipinski definition) is 9. The molecule has 1 aromatic carbocycles. The summed E-state index contributed by atoms with van der Waals surface area (Å²) in [4.78, 5) is 97.9. The molecule has 3 N–H and O–H groups in total. The largest absolute Gasteiger partial charge is 0.456 e. The van der Waals surface area contributed by atoms with Gasteiger partial charge in [0.15, 0.2) is 6.10 Å². The fourth-order valence-corrected chi connectivity index (χ4v) is 6.42. The third-order valence-corrected chi connectivity index (χ3v) is 10.5. The van der Waals surface area contributed by atoms with Gasteiger partial charge in [-0.3, -0.25) is 24.0 Å². The van der Waals surface area contributed by atoms with E-state index >= 15 is 0 Å². The SMILES string of the molecule is C/C=C(\C)[C@H]1OC(=O)[C@@H](C)NC(=O)[C@H]([C@H](C)CC)NC(=O)CN(C)C(=O)[C@@H](Cc2ccccc2)N(C)C(=O)[C@H](C)NC(=O)[C@@H](CC(C)C)OC(=O)/C(C)=C/C[CH][C@@H]1C. The van der Waals surface area contributed by atoms with Gasteiger partial charge in [0.2, 0.25) is 23.6 Å². The molecule has 58 heavy (non-hydrogen) atoms. The molecule has 5 amide bonds. The molecule has 0 fully saturated rings. The number of allylic oxidation sites excluding steroid dienone is 2. The fourth-order valence-electron chi connectivity index (χ4n) is 6.42. The summed E-state index contributed by atoms with van der Waals surface area (Å²) < 4.78 is 11.6. The van der Waals surface area contributed by atoms with Crippen molar-refractivity contribution < 1.29 is 43.0 Å². The summed E-state index contributed by atoms with van der Waals surface area (Å²) in [5.74, 6) is -5.07. The summed E-state index contributed by atoms with van der Waals surface area (Å²) in [6.45, 7) is 17.1. The van der Waals surface area contributed by atoms with Crippen molar-refractivity contribution >= 4 is 41.5 Å². The van der Waals surface area contributed by atoms with E-state index in [0.717, 1.165) is 11.1 Å². The van der Waals surface area contributed by atoms with E-state index < -0.39 is 84.4 Å². The first-order chi connectivity index (χ1) is 27.2. The van der Waals surface area contributed by atoms with Gasteiger partial charge in [0, 0.05) is 32.0 Å². The number of hydrogen-bond donors (Lipinski definition) is 3. The Morgan fingerprint density at radius 3 is 2.09 bits per heavy atom. The zero-order valence-corrected chi connectivity index (χ0v) is 36.4. The predicted octanol–water partition coefficient (Wildman–Crippen LogP) is 4.08. The number of benzene rings is 1. The second kappa shape index (κ2) is 23.4. The quantitative estimate of drug-likeness (QED) is 0.270. The van der Waals surface area contributed by atoms with Crippen molar-refractivity contribution in [3.63, 3.8) is 0 Å². The molecule has 1 aromatic rings. The van der Waals surface area contributed by atoms with Gasteiger partial charge >= 0.3 is 11.9 Å². The first-order valence-corrected chi connectivity index (χ1v) is 20.2. The van der Waals surface area contributed by atoms with Crippen molar-refractivity contribution in [3.05, 3.63) is 65.6 Å². The summed E-state index contributed by atoms with van der Waals surface area (Å²) in [5, 5.41) is 8.12. The highest BCUT2D eigenvalue weighted by Gasteiger charge is 2.36. The molecule has 1 aliphatic rings. The molecule has 1 heterocycles. The normalized spacial score (nSPS) is 27.8. The van der Waals surface area contributed by atoms with Gasteiger partial charge in [-0.15, -0.1) is 0 Å². The molecule has 0 aliphatic carbocycles. The second-order valence-corrected chi connectivity index (χ2v) is 15.9. The highest BCUT2D eigenvalue weighted by molar-refractivity contribution is 5.96. The van der Waals surface area contributed by atoms with Gasteiger partial charge in [0.05, 0.1) is 6.54 Å². The standard InChI is InChI=1S/C44H66N5O9/c1-13-27(5)37-40(52)46-32(10)44(56)58-38(28(6)14-2)29(7)19-18-20-30(8)43(55)57-35(23-26(3)4)39(51)45-31(9)41(53)49(12)34(24-33-21-16-15-17-22-33)42(54)48(11)25-36(50)47-37/h14-17,19-22,26-27,29,31-32,34-35,37-38H,13,18,23-25H2,1-12H3,(H,45,51)(H,46,52)(H,47,50)/b28-14+,30-20+/t27-,29+,31+,32-,34-,35-,37+,38-/m1/s1. The van der Waals surface area contributed by atoms with Crippen molar-refractivity contribution in [1.29, 1.82) is 0 Å². The average Bonchev–Trinajstić information content (AvgIpc) is 3.18. The molecule has 0 bridgehead atoms. The lowest BCUT2D eigenvalue weighted by atomic mass is 9.93. The highest BCUT2D eigenvalue weighted by atomic mass is 16.6. The maximum absolute atomic E-state index is 14.1. The monoisotopic (exact) mass is 808 g/mol. The molecule has 1 aliphatic heterocycles. The van der Waals surface area contributed by atoms with Gasteiger partial charge in [-0.1, -0.05) is 83.5 Å². The Bertz CT molecular complexity index is 1660. The van der Waals surface area contributed by atoms with Crippen LogP contribution in [0.25, 0.3) is 0 Å². The lowest BCUT2D eigenvalue weighted by molar-refractivity contribution is -0.154. The minimum Gasteiger partial charge on any atom is -0.456 e. The molecular formula is C44H66N5O9. The molecule has 0 spiro atoms. The number of nitrogens with one attached hydrogen (secondary N) is 3. The Morgan fingerprint density at radius 2 is 1.50 bits per heavy atom. The lowest BCUT2D eigenvalue weighted by Crippen LogP contribution is -2.57. The first-order valence-electron chi connectivity index (χ1n) is 20.2. The molecule has 0 unspecified atom stereocenters. The Labute approximate surface area is 344 Å². The van der Waals surface area contributed by atoms with E-state index in [1.807, 2.05) is 72.2 Å². The highest BCUT2D eigenvalue weighted by Crippen LogP contribution is 2.22. The smallest absolute Gasteiger partial charge is 0.334 e. The van der Waals surface area contributed by atoms with Gasteiger partial charge < -0.3 is 35.2 Å². The molecule has 0 saturated heterocycles. The van der Waals surface area contributed by atoms with Gasteiger partial charge in [-0.05, 0) is 76.9 Å². The molecule has 2 rings (SSSR count). The number of rotatable bonds is 7. The predicted molar refractivity (Wildman–Crippen MR) is 221 cm³/mol. The number of nitrogens with zero attached hydrogens (tertiary/aromatic N) is 2. The first kappa shape index (κ1) is 49.1. The van der Waals surface area contributed by atoms with Crippen molar-refractivity contribution in [3.8, 4) is 0 Å². The van der Waals surface area contributed by atoms with E-state index in [0.29, 0.717) is 12.8 Å². The van der Waals surface area contributed by atoms with Crippen LogP contribution in [0.5, 0.6) is 0 Å². The zero-order valence-electron chi connectivity index (χ0n) is 36.4. The molecule has 0 aromatic heterocycles. The van der Waals surface area contributed by atoms with Gasteiger partial charge in [-0.25, -0.2) is 9.59 Å². The van der Waals surface area contributed by atoms with Crippen molar-refractivity contribution in [1.82, 2.24) is 25.8 Å². The van der Waals surface area contributed by atoms with Gasteiger partial charge in [-0.2, -0.15) is 0 Å². The minimum atomic E-state index is -1.20. The Kier molecular flexibility index (Phi) is 19.8. The van der Waals surface area contributed by atoms with Crippen LogP contribution in [-0.2, 0) is 49.5 Å². The van der Waals surface area contributed by atoms with Gasteiger partial charge in [0.1, 0.15) is 30.3 Å². The van der Waals surface area contributed by atoms with Crippen LogP contribution >= 0.6 is 0 Å². The maximum atomic E-state index is 14.1. The molecule has 8 atom stereocenters.